The molecule has 0 aliphatic carbocycles. The first-order valence-corrected chi connectivity index (χ1v) is 8.39. The molecule has 134 valence electrons. The van der Waals surface area contributed by atoms with Gasteiger partial charge in [-0.1, -0.05) is 23.7 Å². The third-order valence-electron chi connectivity index (χ3n) is 3.72. The van der Waals surface area contributed by atoms with Crippen LogP contribution in [0.25, 0.3) is 0 Å². The molecule has 2 aromatic rings. The van der Waals surface area contributed by atoms with E-state index in [1.54, 1.807) is 32.4 Å². The summed E-state index contributed by atoms with van der Waals surface area (Å²) >= 11 is 5.97. The molecule has 2 N–H and O–H groups in total. The van der Waals surface area contributed by atoms with Crippen molar-refractivity contribution in [1.29, 1.82) is 0 Å². The van der Waals surface area contributed by atoms with Crippen LogP contribution in [0, 0.1) is 0 Å². The Morgan fingerprint density at radius 1 is 1.16 bits per heavy atom. The van der Waals surface area contributed by atoms with Gasteiger partial charge in [0.15, 0.2) is 0 Å². The predicted octanol–water partition coefficient (Wildman–Crippen LogP) is 3.86. The first-order chi connectivity index (χ1) is 12.0. The van der Waals surface area contributed by atoms with Crippen molar-refractivity contribution in [2.45, 2.75) is 25.9 Å². The summed E-state index contributed by atoms with van der Waals surface area (Å²) in [4.78, 5) is 12.3. The number of hydrogen-bond acceptors (Lipinski definition) is 4. The molecule has 0 bridgehead atoms. The normalized spacial score (nSPS) is 11.7. The summed E-state index contributed by atoms with van der Waals surface area (Å²) in [5, 5.41) is 6.89. The molecule has 5 nitrogen and oxygen atoms in total. The first kappa shape index (κ1) is 19.1. The molecule has 0 aliphatic rings. The number of hydrogen-bond donors (Lipinski definition) is 2. The van der Waals surface area contributed by atoms with Gasteiger partial charge in [-0.25, -0.2) is 0 Å². The largest absolute Gasteiger partial charge is 0.497 e. The number of nitrogens with one attached hydrogen (secondary N) is 2. The van der Waals surface area contributed by atoms with Crippen molar-refractivity contribution in [3.05, 3.63) is 53.1 Å². The Labute approximate surface area is 153 Å². The summed E-state index contributed by atoms with van der Waals surface area (Å²) in [5.74, 6) is 1.15. The van der Waals surface area contributed by atoms with Gasteiger partial charge in [0.1, 0.15) is 11.5 Å². The Morgan fingerprint density at radius 3 is 2.64 bits per heavy atom. The molecule has 2 rings (SSSR count). The average Bonchev–Trinajstić information content (AvgIpc) is 2.60. The van der Waals surface area contributed by atoms with E-state index in [-0.39, 0.29) is 11.9 Å². The van der Waals surface area contributed by atoms with Crippen LogP contribution in [0.5, 0.6) is 11.5 Å². The summed E-state index contributed by atoms with van der Waals surface area (Å²) in [6.07, 6.45) is 0.343. The summed E-state index contributed by atoms with van der Waals surface area (Å²) in [7, 11) is 3.14. The number of methoxy groups -OCH3 is 2. The van der Waals surface area contributed by atoms with Crippen LogP contribution in [0.4, 0.5) is 5.69 Å². The molecule has 0 radical (unpaired) electrons. The third-order valence-corrected chi connectivity index (χ3v) is 3.95. The van der Waals surface area contributed by atoms with Gasteiger partial charge in [0, 0.05) is 30.1 Å². The maximum atomic E-state index is 12.3. The lowest BCUT2D eigenvalue weighted by atomic mass is 10.1. The molecule has 0 fully saturated rings. The molecule has 25 heavy (non-hydrogen) atoms. The lowest BCUT2D eigenvalue weighted by Gasteiger charge is -2.15. The molecule has 0 aliphatic heterocycles. The van der Waals surface area contributed by atoms with Crippen LogP contribution in [0.15, 0.2) is 42.5 Å². The monoisotopic (exact) mass is 362 g/mol. The number of carbonyl (C=O) groups is 1. The molecule has 1 unspecified atom stereocenters. The lowest BCUT2D eigenvalue weighted by Crippen LogP contribution is -2.30. The van der Waals surface area contributed by atoms with E-state index in [1.807, 2.05) is 31.2 Å². The fourth-order valence-electron chi connectivity index (χ4n) is 2.39. The highest BCUT2D eigenvalue weighted by atomic mass is 35.5. The predicted molar refractivity (Wildman–Crippen MR) is 101 cm³/mol. The van der Waals surface area contributed by atoms with E-state index < -0.39 is 0 Å². The summed E-state index contributed by atoms with van der Waals surface area (Å²) in [6, 6.07) is 12.9. The van der Waals surface area contributed by atoms with E-state index >= 15 is 0 Å². The van der Waals surface area contributed by atoms with E-state index in [9.17, 15) is 4.79 Å². The second kappa shape index (κ2) is 9.30. The van der Waals surface area contributed by atoms with Crippen molar-refractivity contribution in [3.63, 3.8) is 0 Å². The molecule has 2 aromatic carbocycles. The summed E-state index contributed by atoms with van der Waals surface area (Å²) in [6.45, 7) is 2.62. The zero-order chi connectivity index (χ0) is 18.2. The Kier molecular flexibility index (Phi) is 7.10. The van der Waals surface area contributed by atoms with Crippen LogP contribution in [0.3, 0.4) is 0 Å². The van der Waals surface area contributed by atoms with Crippen LogP contribution in [-0.2, 0) is 11.3 Å². The van der Waals surface area contributed by atoms with Gasteiger partial charge in [0.05, 0.1) is 19.9 Å². The van der Waals surface area contributed by atoms with Crippen molar-refractivity contribution >= 4 is 23.2 Å². The van der Waals surface area contributed by atoms with E-state index in [2.05, 4.69) is 10.6 Å². The van der Waals surface area contributed by atoms with Crippen LogP contribution in [0.1, 0.15) is 18.9 Å². The molecule has 6 heteroatoms. The Hall–Kier alpha value is -2.24. The number of anilines is 1. The van der Waals surface area contributed by atoms with Crippen molar-refractivity contribution in [2.24, 2.45) is 0 Å². The quantitative estimate of drug-likeness (QED) is 0.748. The first-order valence-electron chi connectivity index (χ1n) is 8.01. The van der Waals surface area contributed by atoms with Crippen molar-refractivity contribution in [2.75, 3.05) is 19.5 Å². The highest BCUT2D eigenvalue weighted by Gasteiger charge is 2.12. The number of halogens is 1. The number of amides is 1. The minimum Gasteiger partial charge on any atom is -0.497 e. The maximum absolute atomic E-state index is 12.3. The van der Waals surface area contributed by atoms with Gasteiger partial charge in [0.2, 0.25) is 5.91 Å². The maximum Gasteiger partial charge on any atom is 0.226 e. The fraction of sp³-hybridized carbons (Fsp3) is 0.316. The van der Waals surface area contributed by atoms with E-state index in [0.717, 1.165) is 5.56 Å². The van der Waals surface area contributed by atoms with Crippen molar-refractivity contribution in [3.8, 4) is 11.5 Å². The van der Waals surface area contributed by atoms with Gasteiger partial charge in [-0.15, -0.1) is 0 Å². The smallest absolute Gasteiger partial charge is 0.226 e. The Balaban J connectivity index is 1.87. The highest BCUT2D eigenvalue weighted by Crippen LogP contribution is 2.29. The van der Waals surface area contributed by atoms with Gasteiger partial charge in [-0.3, -0.25) is 4.79 Å². The van der Waals surface area contributed by atoms with E-state index in [0.29, 0.717) is 35.2 Å². The highest BCUT2D eigenvalue weighted by molar-refractivity contribution is 6.30. The number of ether oxygens (including phenoxy) is 2. The zero-order valence-corrected chi connectivity index (χ0v) is 15.4. The van der Waals surface area contributed by atoms with Crippen molar-refractivity contribution in [1.82, 2.24) is 5.32 Å². The number of carbonyl (C=O) groups excluding carboxylic acids is 1. The van der Waals surface area contributed by atoms with Crippen LogP contribution in [0.2, 0.25) is 5.02 Å². The minimum atomic E-state index is -0.0884. The molecule has 0 aromatic heterocycles. The fourth-order valence-corrected chi connectivity index (χ4v) is 2.61. The van der Waals surface area contributed by atoms with E-state index in [1.165, 1.54) is 0 Å². The second-order valence-corrected chi connectivity index (χ2v) is 6.17. The topological polar surface area (TPSA) is 59.6 Å². The summed E-state index contributed by atoms with van der Waals surface area (Å²) < 4.78 is 10.4. The molecule has 0 heterocycles. The van der Waals surface area contributed by atoms with Gasteiger partial charge in [-0.05, 0) is 36.8 Å². The van der Waals surface area contributed by atoms with Crippen LogP contribution in [-0.4, -0.2) is 26.2 Å². The van der Waals surface area contributed by atoms with Crippen LogP contribution < -0.4 is 20.1 Å². The molecular formula is C19H23ClN2O3. The average molecular weight is 363 g/mol. The lowest BCUT2D eigenvalue weighted by molar-refractivity contribution is -0.116. The van der Waals surface area contributed by atoms with Gasteiger partial charge in [0.25, 0.3) is 0 Å². The molecular weight excluding hydrogens is 340 g/mol. The van der Waals surface area contributed by atoms with Crippen molar-refractivity contribution < 1.29 is 14.3 Å². The van der Waals surface area contributed by atoms with E-state index in [4.69, 9.17) is 21.1 Å². The molecule has 1 amide bonds. The Morgan fingerprint density at radius 2 is 1.96 bits per heavy atom. The standard InChI is InChI=1S/C19H23ClN2O3/c1-13(21-12-14-5-4-6-15(20)10-14)9-19(23)22-17-8-7-16(24-2)11-18(17)25-3/h4-8,10-11,13,21H,9,12H2,1-3H3,(H,22,23). The summed E-state index contributed by atoms with van der Waals surface area (Å²) in [5.41, 5.74) is 1.70. The second-order valence-electron chi connectivity index (χ2n) is 5.73. The molecule has 0 saturated heterocycles. The third kappa shape index (κ3) is 5.96. The zero-order valence-electron chi connectivity index (χ0n) is 14.6. The molecule has 1 atom stereocenters. The van der Waals surface area contributed by atoms with Crippen LogP contribution >= 0.6 is 11.6 Å². The van der Waals surface area contributed by atoms with Gasteiger partial charge in [-0.2, -0.15) is 0 Å². The van der Waals surface area contributed by atoms with Gasteiger partial charge < -0.3 is 20.1 Å². The minimum absolute atomic E-state index is 0.0169. The number of rotatable bonds is 8. The Bertz CT molecular complexity index is 722. The SMILES string of the molecule is COc1ccc(NC(=O)CC(C)NCc2cccc(Cl)c2)c(OC)c1. The molecule has 0 saturated carbocycles. The molecule has 0 spiro atoms. The van der Waals surface area contributed by atoms with Gasteiger partial charge >= 0.3 is 0 Å². The number of benzene rings is 2.